The quantitative estimate of drug-likeness (QED) is 0.445. The van der Waals surface area contributed by atoms with E-state index < -0.39 is 33.3 Å². The van der Waals surface area contributed by atoms with Crippen molar-refractivity contribution in [1.82, 2.24) is 10.0 Å². The minimum Gasteiger partial charge on any atom is -0.342 e. The number of hydrogen-bond donors (Lipinski definition) is 2. The van der Waals surface area contributed by atoms with E-state index in [0.717, 1.165) is 0 Å². The van der Waals surface area contributed by atoms with Crippen molar-refractivity contribution in [2.45, 2.75) is 50.6 Å². The minimum absolute atomic E-state index is 0.00967. The third-order valence-electron chi connectivity index (χ3n) is 5.31. The van der Waals surface area contributed by atoms with Gasteiger partial charge in [-0.15, -0.1) is 0 Å². The molecule has 3 aromatic rings. The summed E-state index contributed by atoms with van der Waals surface area (Å²) in [5, 5.41) is 2.65. The van der Waals surface area contributed by atoms with E-state index in [0.29, 0.717) is 11.1 Å². The topological polar surface area (TPSA) is 109 Å². The third kappa shape index (κ3) is 5.64. The molecular formula is C25H28N2O5S. The van der Waals surface area contributed by atoms with E-state index in [4.69, 9.17) is 0 Å². The number of Topliss-reactive ketones (excluding diaryl/α,β-unsaturated/α-hetero) is 1. The molecule has 0 unspecified atom stereocenters. The fourth-order valence-corrected chi connectivity index (χ4v) is 4.80. The molecule has 0 saturated carbocycles. The molecule has 3 aromatic carbocycles. The van der Waals surface area contributed by atoms with Crippen molar-refractivity contribution in [3.8, 4) is 11.1 Å². The summed E-state index contributed by atoms with van der Waals surface area (Å²) in [6.45, 7) is 6.75. The first-order valence-corrected chi connectivity index (χ1v) is 12.2. The standard InChI is InChI=1S/C25H28N2O5S/c1-16(2)15-19(27-33(31,32)18-13-9-6-10-14-18)24(30)26-25(3,4)23(29)21-20(22(21)28)17-11-7-5-8-12-17/h5-14,16,19,27H,15H2,1-4H3,(H,26,30)/t19-/m0/s1. The van der Waals surface area contributed by atoms with Gasteiger partial charge in [0.15, 0.2) is 11.2 Å². The van der Waals surface area contributed by atoms with Gasteiger partial charge in [0.25, 0.3) is 0 Å². The summed E-state index contributed by atoms with van der Waals surface area (Å²) in [6, 6.07) is 15.5. The van der Waals surface area contributed by atoms with Crippen molar-refractivity contribution >= 4 is 21.7 Å². The third-order valence-corrected chi connectivity index (χ3v) is 6.80. The summed E-state index contributed by atoms with van der Waals surface area (Å²) in [4.78, 5) is 38.5. The van der Waals surface area contributed by atoms with Crippen molar-refractivity contribution in [2.24, 2.45) is 5.92 Å². The lowest BCUT2D eigenvalue weighted by atomic mass is 9.95. The van der Waals surface area contributed by atoms with Crippen molar-refractivity contribution in [3.05, 3.63) is 76.5 Å². The van der Waals surface area contributed by atoms with Crippen molar-refractivity contribution < 1.29 is 18.0 Å². The molecule has 0 spiro atoms. The molecule has 1 atom stereocenters. The van der Waals surface area contributed by atoms with Gasteiger partial charge < -0.3 is 5.32 Å². The van der Waals surface area contributed by atoms with Gasteiger partial charge in [-0.2, -0.15) is 4.72 Å². The normalized spacial score (nSPS) is 13.2. The SMILES string of the molecule is CC(C)C[C@H](NS(=O)(=O)c1ccccc1)C(=O)NC(C)(C)C(=O)c1c(-c2ccccc2)c1=O. The van der Waals surface area contributed by atoms with Crippen LogP contribution in [0.5, 0.6) is 0 Å². The number of ketones is 1. The van der Waals surface area contributed by atoms with E-state index in [2.05, 4.69) is 10.0 Å². The molecular weight excluding hydrogens is 440 g/mol. The summed E-state index contributed by atoms with van der Waals surface area (Å²) in [6.07, 6.45) is 0.235. The van der Waals surface area contributed by atoms with Crippen molar-refractivity contribution in [2.75, 3.05) is 0 Å². The highest BCUT2D eigenvalue weighted by Crippen LogP contribution is 2.28. The average molecular weight is 469 g/mol. The summed E-state index contributed by atoms with van der Waals surface area (Å²) in [5.74, 6) is -1.12. The maximum Gasteiger partial charge on any atom is 0.241 e. The van der Waals surface area contributed by atoms with Crippen molar-refractivity contribution in [1.29, 1.82) is 0 Å². The van der Waals surface area contributed by atoms with E-state index in [-0.39, 0.29) is 28.2 Å². The Morgan fingerprint density at radius 3 is 2.03 bits per heavy atom. The molecule has 174 valence electrons. The molecule has 7 nitrogen and oxygen atoms in total. The number of carbonyl (C=O) groups excluding carboxylic acids is 2. The highest BCUT2D eigenvalue weighted by atomic mass is 32.2. The Balaban J connectivity index is 1.79. The predicted molar refractivity (Wildman–Crippen MR) is 127 cm³/mol. The Bertz CT molecular complexity index is 1260. The molecule has 0 aromatic heterocycles. The first-order chi connectivity index (χ1) is 15.4. The van der Waals surface area contributed by atoms with Crippen LogP contribution in [-0.2, 0) is 14.8 Å². The molecule has 0 aliphatic carbocycles. The van der Waals surface area contributed by atoms with Crippen molar-refractivity contribution in [3.63, 3.8) is 0 Å². The molecule has 33 heavy (non-hydrogen) atoms. The van der Waals surface area contributed by atoms with E-state index in [1.807, 2.05) is 19.9 Å². The van der Waals surface area contributed by atoms with E-state index in [1.54, 1.807) is 42.5 Å². The monoisotopic (exact) mass is 468 g/mol. The lowest BCUT2D eigenvalue weighted by molar-refractivity contribution is -0.124. The number of benzene rings is 2. The maximum atomic E-state index is 13.1. The molecule has 0 saturated heterocycles. The van der Waals surface area contributed by atoms with E-state index >= 15 is 0 Å². The average Bonchev–Trinajstić information content (AvgIpc) is 3.43. The van der Waals surface area contributed by atoms with Crippen LogP contribution in [0.25, 0.3) is 11.1 Å². The van der Waals surface area contributed by atoms with Crippen LogP contribution in [0.1, 0.15) is 44.5 Å². The predicted octanol–water partition coefficient (Wildman–Crippen LogP) is 3.06. The summed E-state index contributed by atoms with van der Waals surface area (Å²) >= 11 is 0. The Kier molecular flexibility index (Phi) is 7.00. The highest BCUT2D eigenvalue weighted by molar-refractivity contribution is 7.89. The fraction of sp³-hybridized carbons (Fsp3) is 0.320. The molecule has 0 radical (unpaired) electrons. The zero-order chi connectivity index (χ0) is 24.4. The minimum atomic E-state index is -3.94. The summed E-state index contributed by atoms with van der Waals surface area (Å²) in [7, 11) is -3.94. The highest BCUT2D eigenvalue weighted by Gasteiger charge is 2.41. The zero-order valence-electron chi connectivity index (χ0n) is 19.1. The van der Waals surface area contributed by atoms with E-state index in [1.165, 1.54) is 26.0 Å². The second-order valence-electron chi connectivity index (χ2n) is 9.00. The number of sulfonamides is 1. The Morgan fingerprint density at radius 1 is 0.939 bits per heavy atom. The Hall–Kier alpha value is -3.10. The molecule has 0 bridgehead atoms. The van der Waals surface area contributed by atoms with Crippen LogP contribution in [0, 0.1) is 5.92 Å². The lowest BCUT2D eigenvalue weighted by Gasteiger charge is -2.27. The molecule has 3 rings (SSSR count). The van der Waals surface area contributed by atoms with Crippen LogP contribution < -0.4 is 15.5 Å². The van der Waals surface area contributed by atoms with Crippen LogP contribution >= 0.6 is 0 Å². The largest absolute Gasteiger partial charge is 0.342 e. The molecule has 0 fully saturated rings. The van der Waals surface area contributed by atoms with Gasteiger partial charge in [0.05, 0.1) is 16.0 Å². The molecule has 0 aliphatic heterocycles. The van der Waals surface area contributed by atoms with Gasteiger partial charge in [-0.25, -0.2) is 8.42 Å². The van der Waals surface area contributed by atoms with Gasteiger partial charge in [0.2, 0.25) is 15.9 Å². The van der Waals surface area contributed by atoms with Crippen LogP contribution in [0.2, 0.25) is 0 Å². The second kappa shape index (κ2) is 9.41. The molecule has 8 heteroatoms. The Labute approximate surface area is 194 Å². The van der Waals surface area contributed by atoms with Crippen LogP contribution in [0.4, 0.5) is 0 Å². The first kappa shape index (κ1) is 24.5. The zero-order valence-corrected chi connectivity index (χ0v) is 19.9. The number of carbonyl (C=O) groups is 2. The number of hydrogen-bond acceptors (Lipinski definition) is 5. The lowest BCUT2D eigenvalue weighted by Crippen LogP contribution is -2.56. The smallest absolute Gasteiger partial charge is 0.241 e. The second-order valence-corrected chi connectivity index (χ2v) is 10.7. The van der Waals surface area contributed by atoms with Gasteiger partial charge in [-0.3, -0.25) is 14.4 Å². The molecule has 0 aliphatic rings. The molecule has 1 amide bonds. The van der Waals surface area contributed by atoms with Gasteiger partial charge >= 0.3 is 0 Å². The van der Waals surface area contributed by atoms with Crippen LogP contribution in [0.3, 0.4) is 0 Å². The van der Waals surface area contributed by atoms with E-state index in [9.17, 15) is 22.8 Å². The maximum absolute atomic E-state index is 13.1. The number of amides is 1. The van der Waals surface area contributed by atoms with Crippen LogP contribution in [0.15, 0.2) is 70.4 Å². The summed E-state index contributed by atoms with van der Waals surface area (Å²) in [5.41, 5.74) is -0.659. The number of rotatable bonds is 10. The Morgan fingerprint density at radius 2 is 1.48 bits per heavy atom. The number of nitrogens with one attached hydrogen (secondary N) is 2. The van der Waals surface area contributed by atoms with Gasteiger partial charge in [-0.1, -0.05) is 62.4 Å². The fourth-order valence-electron chi connectivity index (χ4n) is 3.57. The van der Waals surface area contributed by atoms with Crippen LogP contribution in [-0.4, -0.2) is 31.7 Å². The van der Waals surface area contributed by atoms with Gasteiger partial charge in [-0.05, 0) is 43.9 Å². The van der Waals surface area contributed by atoms with Gasteiger partial charge in [0, 0.05) is 5.56 Å². The van der Waals surface area contributed by atoms with Gasteiger partial charge in [0.1, 0.15) is 6.04 Å². The summed E-state index contributed by atoms with van der Waals surface area (Å²) < 4.78 is 28.0. The molecule has 2 N–H and O–H groups in total. The molecule has 0 heterocycles. The first-order valence-electron chi connectivity index (χ1n) is 10.7.